The molecular formula is C54H90O23. The Morgan fingerprint density at radius 1 is 0.442 bits per heavy atom. The molecule has 0 radical (unpaired) electrons. The summed E-state index contributed by atoms with van der Waals surface area (Å²) in [6, 6.07) is 0. The van der Waals surface area contributed by atoms with Crippen molar-refractivity contribution < 1.29 is 113 Å². The molecular weight excluding hydrogens is 1020 g/mol. The van der Waals surface area contributed by atoms with Crippen molar-refractivity contribution in [1.82, 2.24) is 0 Å². The van der Waals surface area contributed by atoms with Crippen molar-refractivity contribution in [3.05, 3.63) is 85.1 Å². The maximum Gasteiger partial charge on any atom is 0.333 e. The van der Waals surface area contributed by atoms with Crippen LogP contribution >= 0.6 is 0 Å². The van der Waals surface area contributed by atoms with E-state index in [2.05, 4.69) is 69.7 Å². The minimum atomic E-state index is -1.00. The monoisotopic (exact) mass is 1110 g/mol. The summed E-state index contributed by atoms with van der Waals surface area (Å²) in [4.78, 5) is 75.3. The summed E-state index contributed by atoms with van der Waals surface area (Å²) in [6.45, 7) is 37.5. The number of aliphatic hydroxyl groups is 9. The van der Waals surface area contributed by atoms with E-state index < -0.39 is 79.0 Å². The van der Waals surface area contributed by atoms with Crippen molar-refractivity contribution in [3.8, 4) is 0 Å². The second-order valence-electron chi connectivity index (χ2n) is 17.7. The van der Waals surface area contributed by atoms with Crippen LogP contribution in [0.15, 0.2) is 85.1 Å². The van der Waals surface area contributed by atoms with Gasteiger partial charge < -0.3 is 79.1 Å². The van der Waals surface area contributed by atoms with Gasteiger partial charge in [-0.05, 0) is 94.4 Å². The topological polar surface area (TPSA) is 366 Å². The lowest BCUT2D eigenvalue weighted by atomic mass is 9.92. The van der Waals surface area contributed by atoms with E-state index in [0.29, 0.717) is 59.1 Å². The molecule has 0 aromatic carbocycles. The fourth-order valence-corrected chi connectivity index (χ4v) is 4.57. The molecule has 2 aliphatic rings. The van der Waals surface area contributed by atoms with Crippen molar-refractivity contribution >= 4 is 41.8 Å². The molecule has 0 heterocycles. The van der Waals surface area contributed by atoms with Gasteiger partial charge in [0.2, 0.25) is 0 Å². The van der Waals surface area contributed by atoms with Crippen molar-refractivity contribution in [2.75, 3.05) is 52.9 Å². The van der Waals surface area contributed by atoms with E-state index in [9.17, 15) is 48.9 Å². The zero-order chi connectivity index (χ0) is 61.0. The molecule has 2 rings (SSSR count). The number of carbonyl (C=O) groups is 7. The molecule has 77 heavy (non-hydrogen) atoms. The summed E-state index contributed by atoms with van der Waals surface area (Å²) >= 11 is 0. The van der Waals surface area contributed by atoms with Crippen LogP contribution in [0.5, 0.6) is 0 Å². The van der Waals surface area contributed by atoms with Crippen LogP contribution in [0.2, 0.25) is 0 Å². The van der Waals surface area contributed by atoms with Crippen LogP contribution < -0.4 is 0 Å². The van der Waals surface area contributed by atoms with Crippen molar-refractivity contribution in [2.45, 2.75) is 163 Å². The van der Waals surface area contributed by atoms with E-state index in [1.165, 1.54) is 6.92 Å². The van der Waals surface area contributed by atoms with Crippen LogP contribution in [0.25, 0.3) is 0 Å². The predicted molar refractivity (Wildman–Crippen MR) is 284 cm³/mol. The van der Waals surface area contributed by atoms with Crippen LogP contribution in [-0.2, 0) is 66.7 Å². The lowest BCUT2D eigenvalue weighted by molar-refractivity contribution is -0.150. The minimum Gasteiger partial charge on any atom is -0.462 e. The Bertz CT molecular complexity index is 1830. The van der Waals surface area contributed by atoms with Crippen LogP contribution in [0.1, 0.15) is 114 Å². The van der Waals surface area contributed by atoms with Gasteiger partial charge in [-0.15, -0.1) is 0 Å². The van der Waals surface area contributed by atoms with E-state index in [1.807, 2.05) is 0 Å². The van der Waals surface area contributed by atoms with E-state index in [0.717, 1.165) is 25.7 Å². The standard InChI is InChI=1S/C10H16O4.C10H16O3.C7H12O4.3C7H12O3.C6H10O3/c1-6(2)10(13)14-9-4-7(11)3-8(12)5-9;1-7(2)10(12)13-9-5-3-8(11)4-6-9;1-5(2)7(10)11-4-6(9)3-8;1-5(2)7(9)10-4-6(3)8;1-5(2)7(9)10-6(3)4-8;1-6(2)7(9)10-5-3-4-8;1-5(2)6(8)9-4-3-7/h7-9,11-12H,1,3-5H2,2H3;8-9,11H,1,3-6H2,2H3;6,8-9H,1,3-4H2,2H3;2*6,8H,1,4H2,2-3H3;8H,1,3-5H2,2H3;7H,1,3-4H2,2H3. The average Bonchev–Trinajstić information content (AvgIpc) is 3.35. The Hall–Kier alpha value is -5.89. The largest absolute Gasteiger partial charge is 0.462 e. The second-order valence-corrected chi connectivity index (χ2v) is 17.7. The molecule has 2 fully saturated rings. The molecule has 9 N–H and O–H groups in total. The van der Waals surface area contributed by atoms with Gasteiger partial charge in [-0.3, -0.25) is 0 Å². The van der Waals surface area contributed by atoms with Crippen LogP contribution in [0.3, 0.4) is 0 Å². The Labute approximate surface area is 453 Å². The molecule has 0 saturated heterocycles. The third kappa shape index (κ3) is 52.0. The molecule has 0 amide bonds. The maximum absolute atomic E-state index is 11.1. The summed E-state index contributed by atoms with van der Waals surface area (Å²) in [5, 5.41) is 78.6. The first-order valence-electron chi connectivity index (χ1n) is 24.4. The lowest BCUT2D eigenvalue weighted by Crippen LogP contribution is -2.35. The Morgan fingerprint density at radius 3 is 1.14 bits per heavy atom. The van der Waals surface area contributed by atoms with Gasteiger partial charge in [-0.1, -0.05) is 46.1 Å². The van der Waals surface area contributed by atoms with Gasteiger partial charge >= 0.3 is 41.8 Å². The third-order valence-electron chi connectivity index (χ3n) is 8.74. The Balaban J connectivity index is -0.000000263. The van der Waals surface area contributed by atoms with Crippen molar-refractivity contribution in [1.29, 1.82) is 0 Å². The zero-order valence-electron chi connectivity index (χ0n) is 46.6. The van der Waals surface area contributed by atoms with Gasteiger partial charge in [-0.25, -0.2) is 33.6 Å². The smallest absolute Gasteiger partial charge is 0.333 e. The third-order valence-corrected chi connectivity index (χ3v) is 8.74. The Morgan fingerprint density at radius 2 is 0.805 bits per heavy atom. The van der Waals surface area contributed by atoms with Gasteiger partial charge in [0.1, 0.15) is 44.2 Å². The Kier molecular flexibility index (Phi) is 50.4. The van der Waals surface area contributed by atoms with E-state index >= 15 is 0 Å². The lowest BCUT2D eigenvalue weighted by Gasteiger charge is -2.29. The molecule has 0 aromatic rings. The van der Waals surface area contributed by atoms with E-state index in [1.54, 1.807) is 55.4 Å². The highest BCUT2D eigenvalue weighted by Crippen LogP contribution is 2.23. The summed E-state index contributed by atoms with van der Waals surface area (Å²) < 4.78 is 33.1. The highest BCUT2D eigenvalue weighted by Gasteiger charge is 2.29. The van der Waals surface area contributed by atoms with Gasteiger partial charge in [0.25, 0.3) is 0 Å². The van der Waals surface area contributed by atoms with Crippen LogP contribution in [-0.4, -0.2) is 189 Å². The zero-order valence-corrected chi connectivity index (χ0v) is 46.6. The van der Waals surface area contributed by atoms with Gasteiger partial charge in [0.05, 0.1) is 50.8 Å². The first-order valence-corrected chi connectivity index (χ1v) is 24.4. The van der Waals surface area contributed by atoms with Crippen molar-refractivity contribution in [2.24, 2.45) is 0 Å². The quantitative estimate of drug-likeness (QED) is 0.0345. The van der Waals surface area contributed by atoms with Gasteiger partial charge in [-0.2, -0.15) is 0 Å². The first-order chi connectivity index (χ1) is 35.6. The molecule has 0 spiro atoms. The molecule has 23 nitrogen and oxygen atoms in total. The van der Waals surface area contributed by atoms with Crippen LogP contribution in [0.4, 0.5) is 0 Å². The van der Waals surface area contributed by atoms with Crippen LogP contribution in [0, 0.1) is 0 Å². The predicted octanol–water partition coefficient (Wildman–Crippen LogP) is 2.81. The molecule has 5 unspecified atom stereocenters. The number of carbonyl (C=O) groups excluding carboxylic acids is 7. The fourth-order valence-electron chi connectivity index (χ4n) is 4.57. The number of esters is 7. The fraction of sp³-hybridized carbons (Fsp3) is 0.611. The number of ether oxygens (including phenoxy) is 7. The summed E-state index contributed by atoms with van der Waals surface area (Å²) in [6.07, 6.45) is 0.800. The number of aliphatic hydroxyl groups excluding tert-OH is 9. The summed E-state index contributed by atoms with van der Waals surface area (Å²) in [5.41, 5.74) is 2.48. The van der Waals surface area contributed by atoms with Gasteiger partial charge in [0, 0.05) is 64.9 Å². The molecule has 5 atom stereocenters. The molecule has 2 saturated carbocycles. The summed E-state index contributed by atoms with van der Waals surface area (Å²) in [7, 11) is 0. The first kappa shape index (κ1) is 80.0. The molecule has 0 aliphatic heterocycles. The number of hydrogen-bond donors (Lipinski definition) is 9. The molecule has 0 bridgehead atoms. The van der Waals surface area contributed by atoms with E-state index in [4.69, 9.17) is 40.1 Å². The van der Waals surface area contributed by atoms with Gasteiger partial charge in [0.15, 0.2) is 0 Å². The highest BCUT2D eigenvalue weighted by atomic mass is 16.6. The SMILES string of the molecule is C=C(C)C(=O)OC(C)CO.C=C(C)C(=O)OC1CC(O)CC(O)C1.C=C(C)C(=O)OC1CCC(O)CC1.C=C(C)C(=O)OCC(C)O.C=C(C)C(=O)OCC(O)CO.C=C(C)C(=O)OCCCO.C=C(C)C(=O)OCCO. The normalized spacial score (nSPS) is 17.8. The van der Waals surface area contributed by atoms with E-state index in [-0.39, 0.29) is 70.0 Å². The molecule has 23 heteroatoms. The molecule has 0 aromatic heterocycles. The number of hydrogen-bond acceptors (Lipinski definition) is 23. The number of rotatable bonds is 21. The average molecular weight is 1110 g/mol. The maximum atomic E-state index is 11.1. The molecule has 444 valence electrons. The highest BCUT2D eigenvalue weighted by molar-refractivity contribution is 5.89. The summed E-state index contributed by atoms with van der Waals surface area (Å²) in [5.74, 6) is -3.10. The van der Waals surface area contributed by atoms with Crippen molar-refractivity contribution in [3.63, 3.8) is 0 Å². The minimum absolute atomic E-state index is 0.0207. The second kappa shape index (κ2) is 48.5. The molecule has 2 aliphatic carbocycles.